The Bertz CT molecular complexity index is 1020. The maximum atomic E-state index is 13.1. The summed E-state index contributed by atoms with van der Waals surface area (Å²) in [5, 5.41) is 3.98. The fourth-order valence-corrected chi connectivity index (χ4v) is 4.02. The van der Waals surface area contributed by atoms with E-state index in [4.69, 9.17) is 0 Å². The second-order valence-corrected chi connectivity index (χ2v) is 7.45. The van der Waals surface area contributed by atoms with Crippen molar-refractivity contribution in [1.29, 1.82) is 0 Å². The Kier molecular flexibility index (Phi) is 5.03. The summed E-state index contributed by atoms with van der Waals surface area (Å²) in [5.41, 5.74) is 0.104. The number of alkyl halides is 3. The molecule has 1 N–H and O–H groups in total. The van der Waals surface area contributed by atoms with Gasteiger partial charge in [-0.15, -0.1) is 0 Å². The van der Waals surface area contributed by atoms with Crippen LogP contribution >= 0.6 is 0 Å². The van der Waals surface area contributed by atoms with Crippen LogP contribution in [0.3, 0.4) is 0 Å². The van der Waals surface area contributed by atoms with Gasteiger partial charge in [0.1, 0.15) is 12.7 Å². The molecule has 10 heteroatoms. The minimum absolute atomic E-state index is 0.590. The molecule has 0 aliphatic heterocycles. The minimum Gasteiger partial charge on any atom is -0.223 e. The van der Waals surface area contributed by atoms with Gasteiger partial charge in [0.2, 0.25) is 10.0 Å². The van der Waals surface area contributed by atoms with E-state index in [1.807, 2.05) is 0 Å². The van der Waals surface area contributed by atoms with Gasteiger partial charge in [0.05, 0.1) is 16.1 Å². The van der Waals surface area contributed by atoms with Crippen LogP contribution in [0.15, 0.2) is 66.1 Å². The topological polar surface area (TPSA) is 76.9 Å². The van der Waals surface area contributed by atoms with Crippen LogP contribution in [-0.2, 0) is 16.2 Å². The highest BCUT2D eigenvalue weighted by Crippen LogP contribution is 2.34. The molecule has 0 unspecified atom stereocenters. The first-order valence-electron chi connectivity index (χ1n) is 7.82. The van der Waals surface area contributed by atoms with Crippen molar-refractivity contribution in [3.05, 3.63) is 72.3 Å². The second-order valence-electron chi connectivity index (χ2n) is 5.77. The SMILES string of the molecule is C[C@@H](NS(=O)(=O)c1ccccc1C(F)(F)F)c1ccc(-n2cncn2)cc1. The van der Waals surface area contributed by atoms with Crippen LogP contribution in [0, 0.1) is 0 Å². The van der Waals surface area contributed by atoms with Gasteiger partial charge in [-0.2, -0.15) is 18.3 Å². The average molecular weight is 396 g/mol. The molecule has 2 aromatic carbocycles. The third-order valence-corrected chi connectivity index (χ3v) is 5.49. The molecular weight excluding hydrogens is 381 g/mol. The van der Waals surface area contributed by atoms with Crippen molar-refractivity contribution in [2.75, 3.05) is 0 Å². The zero-order chi connectivity index (χ0) is 19.7. The smallest absolute Gasteiger partial charge is 0.223 e. The van der Waals surface area contributed by atoms with Gasteiger partial charge in [-0.3, -0.25) is 0 Å². The van der Waals surface area contributed by atoms with Crippen LogP contribution in [0.2, 0.25) is 0 Å². The van der Waals surface area contributed by atoms with E-state index in [9.17, 15) is 21.6 Å². The third-order valence-electron chi connectivity index (χ3n) is 3.89. The van der Waals surface area contributed by atoms with E-state index in [0.717, 1.165) is 18.2 Å². The Morgan fingerprint density at radius 2 is 1.74 bits per heavy atom. The van der Waals surface area contributed by atoms with Crippen molar-refractivity contribution in [3.63, 3.8) is 0 Å². The predicted molar refractivity (Wildman–Crippen MR) is 91.5 cm³/mol. The molecule has 0 saturated carbocycles. The summed E-state index contributed by atoms with van der Waals surface area (Å²) in [6.07, 6.45) is -1.88. The van der Waals surface area contributed by atoms with Gasteiger partial charge in [0.25, 0.3) is 0 Å². The highest BCUT2D eigenvalue weighted by Gasteiger charge is 2.37. The molecule has 1 aromatic heterocycles. The number of sulfonamides is 1. The summed E-state index contributed by atoms with van der Waals surface area (Å²) in [5.74, 6) is 0. The minimum atomic E-state index is -4.77. The molecule has 27 heavy (non-hydrogen) atoms. The van der Waals surface area contributed by atoms with Crippen molar-refractivity contribution in [1.82, 2.24) is 19.5 Å². The van der Waals surface area contributed by atoms with E-state index in [1.54, 1.807) is 31.2 Å². The molecule has 0 fully saturated rings. The molecule has 0 aliphatic carbocycles. The fraction of sp³-hybridized carbons (Fsp3) is 0.176. The summed E-state index contributed by atoms with van der Waals surface area (Å²) in [6, 6.07) is 10.1. The zero-order valence-electron chi connectivity index (χ0n) is 14.1. The summed E-state index contributed by atoms with van der Waals surface area (Å²) >= 11 is 0. The van der Waals surface area contributed by atoms with Crippen molar-refractivity contribution < 1.29 is 21.6 Å². The molecule has 3 rings (SSSR count). The first-order valence-corrected chi connectivity index (χ1v) is 9.30. The molecule has 0 radical (unpaired) electrons. The third kappa shape index (κ3) is 4.17. The van der Waals surface area contributed by atoms with Gasteiger partial charge in [-0.25, -0.2) is 22.8 Å². The summed E-state index contributed by atoms with van der Waals surface area (Å²) in [6.45, 7) is 1.55. The van der Waals surface area contributed by atoms with E-state index in [1.165, 1.54) is 23.4 Å². The van der Waals surface area contributed by atoms with Gasteiger partial charge in [-0.05, 0) is 36.8 Å². The first kappa shape index (κ1) is 19.1. The van der Waals surface area contributed by atoms with Crippen LogP contribution in [0.5, 0.6) is 0 Å². The van der Waals surface area contributed by atoms with Crippen molar-refractivity contribution in [3.8, 4) is 5.69 Å². The van der Waals surface area contributed by atoms with E-state index < -0.39 is 32.7 Å². The zero-order valence-corrected chi connectivity index (χ0v) is 14.9. The molecular formula is C17H15F3N4O2S. The Hall–Kier alpha value is -2.72. The summed E-state index contributed by atoms with van der Waals surface area (Å²) < 4.78 is 68.2. The average Bonchev–Trinajstić information content (AvgIpc) is 3.15. The Balaban J connectivity index is 1.84. The maximum Gasteiger partial charge on any atom is 0.417 e. The van der Waals surface area contributed by atoms with E-state index in [0.29, 0.717) is 11.3 Å². The van der Waals surface area contributed by atoms with Crippen LogP contribution in [0.4, 0.5) is 13.2 Å². The number of halogens is 3. The predicted octanol–water partition coefficient (Wildman–Crippen LogP) is 3.33. The van der Waals surface area contributed by atoms with E-state index in [2.05, 4.69) is 14.8 Å². The van der Waals surface area contributed by atoms with Crippen LogP contribution in [0.25, 0.3) is 5.69 Å². The summed E-state index contributed by atoms with van der Waals surface area (Å²) in [7, 11) is -4.37. The molecule has 1 atom stereocenters. The molecule has 0 amide bonds. The van der Waals surface area contributed by atoms with Crippen molar-refractivity contribution >= 4 is 10.0 Å². The molecule has 142 valence electrons. The Labute approximate surface area is 153 Å². The number of benzene rings is 2. The standard InChI is InChI=1S/C17H15F3N4O2S/c1-12(13-6-8-14(9-7-13)24-11-21-10-22-24)23-27(25,26)16-5-3-2-4-15(16)17(18,19)20/h2-12,23H,1H3/t12-/m1/s1. The molecule has 6 nitrogen and oxygen atoms in total. The van der Waals surface area contributed by atoms with Crippen molar-refractivity contribution in [2.24, 2.45) is 0 Å². The monoisotopic (exact) mass is 396 g/mol. The van der Waals surface area contributed by atoms with Gasteiger partial charge in [0.15, 0.2) is 0 Å². The van der Waals surface area contributed by atoms with Gasteiger partial charge in [-0.1, -0.05) is 24.3 Å². The lowest BCUT2D eigenvalue weighted by Gasteiger charge is -2.18. The Morgan fingerprint density at radius 3 is 2.33 bits per heavy atom. The van der Waals surface area contributed by atoms with Gasteiger partial charge < -0.3 is 0 Å². The van der Waals surface area contributed by atoms with Crippen LogP contribution < -0.4 is 4.72 Å². The highest BCUT2D eigenvalue weighted by molar-refractivity contribution is 7.89. The molecule has 0 saturated heterocycles. The molecule has 3 aromatic rings. The normalized spacial score (nSPS) is 13.5. The maximum absolute atomic E-state index is 13.1. The lowest BCUT2D eigenvalue weighted by molar-refractivity contribution is -0.139. The number of aromatic nitrogens is 3. The largest absolute Gasteiger partial charge is 0.417 e. The lowest BCUT2D eigenvalue weighted by Crippen LogP contribution is -2.29. The van der Waals surface area contributed by atoms with E-state index >= 15 is 0 Å². The van der Waals surface area contributed by atoms with E-state index in [-0.39, 0.29) is 0 Å². The number of nitrogens with one attached hydrogen (secondary N) is 1. The lowest BCUT2D eigenvalue weighted by atomic mass is 10.1. The van der Waals surface area contributed by atoms with Gasteiger partial charge >= 0.3 is 6.18 Å². The van der Waals surface area contributed by atoms with Crippen LogP contribution in [0.1, 0.15) is 24.1 Å². The number of hydrogen-bond donors (Lipinski definition) is 1. The molecule has 0 aliphatic rings. The molecule has 1 heterocycles. The second kappa shape index (κ2) is 7.12. The number of rotatable bonds is 5. The molecule has 0 bridgehead atoms. The summed E-state index contributed by atoms with van der Waals surface area (Å²) in [4.78, 5) is 3.03. The Morgan fingerprint density at radius 1 is 1.07 bits per heavy atom. The molecule has 0 spiro atoms. The number of hydrogen-bond acceptors (Lipinski definition) is 4. The van der Waals surface area contributed by atoms with Crippen LogP contribution in [-0.4, -0.2) is 23.2 Å². The van der Waals surface area contributed by atoms with Gasteiger partial charge in [0, 0.05) is 6.04 Å². The highest BCUT2D eigenvalue weighted by atomic mass is 32.2. The first-order chi connectivity index (χ1) is 12.7. The van der Waals surface area contributed by atoms with Crippen molar-refractivity contribution in [2.45, 2.75) is 24.0 Å². The quantitative estimate of drug-likeness (QED) is 0.718. The number of nitrogens with zero attached hydrogens (tertiary/aromatic N) is 3. The fourth-order valence-electron chi connectivity index (χ4n) is 2.56.